The molecule has 0 radical (unpaired) electrons. The van der Waals surface area contributed by atoms with Crippen LogP contribution >= 0.6 is 0 Å². The van der Waals surface area contributed by atoms with Crippen molar-refractivity contribution in [2.45, 2.75) is 0 Å². The molecule has 0 aliphatic rings. The lowest BCUT2D eigenvalue weighted by molar-refractivity contribution is 0.465. The van der Waals surface area contributed by atoms with Crippen molar-refractivity contribution in [3.8, 4) is 11.5 Å². The van der Waals surface area contributed by atoms with Crippen molar-refractivity contribution in [1.29, 1.82) is 5.41 Å². The van der Waals surface area contributed by atoms with Gasteiger partial charge < -0.3 is 10.5 Å². The number of benzene rings is 1. The summed E-state index contributed by atoms with van der Waals surface area (Å²) in [5.41, 5.74) is 5.43. The maximum absolute atomic E-state index is 13.0. The van der Waals surface area contributed by atoms with E-state index in [4.69, 9.17) is 15.9 Å². The van der Waals surface area contributed by atoms with Crippen LogP contribution in [0.25, 0.3) is 0 Å². The number of halogens is 2. The predicted octanol–water partition coefficient (Wildman–Crippen LogP) is 2.44. The average Bonchev–Trinajstić information content (AvgIpc) is 2.27. The fraction of sp³-hybridized carbons (Fsp3) is 0. The van der Waals surface area contributed by atoms with Crippen LogP contribution in [0.3, 0.4) is 0 Å². The average molecular weight is 249 g/mol. The van der Waals surface area contributed by atoms with Gasteiger partial charge in [-0.15, -0.1) is 0 Å². The summed E-state index contributed by atoms with van der Waals surface area (Å²) in [5, 5.41) is 7.31. The van der Waals surface area contributed by atoms with Gasteiger partial charge in [0.2, 0.25) is 0 Å². The van der Waals surface area contributed by atoms with Crippen LogP contribution in [0.1, 0.15) is 5.69 Å². The summed E-state index contributed by atoms with van der Waals surface area (Å²) in [4.78, 5) is 3.86. The third-order valence-electron chi connectivity index (χ3n) is 2.09. The van der Waals surface area contributed by atoms with Gasteiger partial charge >= 0.3 is 0 Å². The smallest absolute Gasteiger partial charge is 0.156 e. The largest absolute Gasteiger partial charge is 0.455 e. The standard InChI is InChI=1S/C12H9F2N3O/c13-7-4-8(14)6-9(5-7)18-10-2-1-3-17-11(10)12(15)16/h1-6H,(H3,15,16). The van der Waals surface area contributed by atoms with Crippen molar-refractivity contribution < 1.29 is 13.5 Å². The van der Waals surface area contributed by atoms with E-state index in [0.717, 1.165) is 18.2 Å². The van der Waals surface area contributed by atoms with Crippen molar-refractivity contribution in [2.75, 3.05) is 0 Å². The predicted molar refractivity (Wildman–Crippen MR) is 61.7 cm³/mol. The van der Waals surface area contributed by atoms with Gasteiger partial charge in [0.15, 0.2) is 5.75 Å². The summed E-state index contributed by atoms with van der Waals surface area (Å²) in [6.07, 6.45) is 1.44. The molecule has 0 amide bonds. The maximum Gasteiger partial charge on any atom is 0.156 e. The number of ether oxygens (including phenoxy) is 1. The van der Waals surface area contributed by atoms with E-state index in [1.807, 2.05) is 0 Å². The zero-order chi connectivity index (χ0) is 13.1. The summed E-state index contributed by atoms with van der Waals surface area (Å²) in [6.45, 7) is 0. The molecule has 2 aromatic rings. The van der Waals surface area contributed by atoms with E-state index in [2.05, 4.69) is 4.98 Å². The van der Waals surface area contributed by atoms with Crippen LogP contribution in [0.2, 0.25) is 0 Å². The van der Waals surface area contributed by atoms with Gasteiger partial charge in [-0.3, -0.25) is 5.41 Å². The van der Waals surface area contributed by atoms with Crippen LogP contribution in [0.15, 0.2) is 36.5 Å². The Morgan fingerprint density at radius 1 is 1.22 bits per heavy atom. The Bertz CT molecular complexity index is 581. The molecular formula is C12H9F2N3O. The second-order valence-electron chi connectivity index (χ2n) is 3.47. The SMILES string of the molecule is N=C(N)c1ncccc1Oc1cc(F)cc(F)c1. The van der Waals surface area contributed by atoms with Crippen LogP contribution in [0.4, 0.5) is 8.78 Å². The monoisotopic (exact) mass is 249 g/mol. The minimum absolute atomic E-state index is 0.0250. The highest BCUT2D eigenvalue weighted by molar-refractivity contribution is 5.95. The second kappa shape index (κ2) is 4.79. The van der Waals surface area contributed by atoms with E-state index < -0.39 is 11.6 Å². The van der Waals surface area contributed by atoms with Crippen LogP contribution in [-0.2, 0) is 0 Å². The summed E-state index contributed by atoms with van der Waals surface area (Å²) < 4.78 is 31.2. The zero-order valence-electron chi connectivity index (χ0n) is 9.15. The number of hydrogen-bond donors (Lipinski definition) is 2. The van der Waals surface area contributed by atoms with Crippen molar-refractivity contribution in [3.05, 3.63) is 53.9 Å². The Morgan fingerprint density at radius 3 is 2.50 bits per heavy atom. The molecule has 0 atom stereocenters. The fourth-order valence-electron chi connectivity index (χ4n) is 1.39. The molecule has 0 spiro atoms. The minimum Gasteiger partial charge on any atom is -0.455 e. The lowest BCUT2D eigenvalue weighted by Gasteiger charge is -2.09. The highest BCUT2D eigenvalue weighted by atomic mass is 19.1. The van der Waals surface area contributed by atoms with Gasteiger partial charge in [-0.25, -0.2) is 13.8 Å². The van der Waals surface area contributed by atoms with Crippen LogP contribution in [-0.4, -0.2) is 10.8 Å². The molecule has 1 aromatic carbocycles. The van der Waals surface area contributed by atoms with Gasteiger partial charge in [0, 0.05) is 24.4 Å². The number of aromatic nitrogens is 1. The van der Waals surface area contributed by atoms with Gasteiger partial charge in [-0.2, -0.15) is 0 Å². The van der Waals surface area contributed by atoms with Crippen LogP contribution in [0, 0.1) is 17.0 Å². The number of pyridine rings is 1. The number of rotatable bonds is 3. The van der Waals surface area contributed by atoms with E-state index in [1.54, 1.807) is 6.07 Å². The molecule has 4 nitrogen and oxygen atoms in total. The second-order valence-corrected chi connectivity index (χ2v) is 3.47. The normalized spacial score (nSPS) is 10.1. The van der Waals surface area contributed by atoms with Gasteiger partial charge in [-0.05, 0) is 12.1 Å². The van der Waals surface area contributed by atoms with Gasteiger partial charge in [-0.1, -0.05) is 0 Å². The summed E-state index contributed by atoms with van der Waals surface area (Å²) in [5.74, 6) is -1.66. The molecule has 0 aliphatic heterocycles. The number of nitrogens with zero attached hydrogens (tertiary/aromatic N) is 1. The number of hydrogen-bond acceptors (Lipinski definition) is 3. The molecule has 0 unspecified atom stereocenters. The first-order valence-electron chi connectivity index (χ1n) is 4.99. The number of nitrogens with one attached hydrogen (secondary N) is 1. The zero-order valence-corrected chi connectivity index (χ0v) is 9.15. The topological polar surface area (TPSA) is 72.0 Å². The van der Waals surface area contributed by atoms with E-state index in [1.165, 1.54) is 12.3 Å². The first kappa shape index (κ1) is 12.0. The molecule has 0 saturated carbocycles. The number of amidine groups is 1. The van der Waals surface area contributed by atoms with Crippen molar-refractivity contribution in [1.82, 2.24) is 4.98 Å². The molecular weight excluding hydrogens is 240 g/mol. The van der Waals surface area contributed by atoms with Gasteiger partial charge in [0.25, 0.3) is 0 Å². The summed E-state index contributed by atoms with van der Waals surface area (Å²) >= 11 is 0. The first-order valence-corrected chi connectivity index (χ1v) is 4.99. The molecule has 0 saturated heterocycles. The molecule has 1 heterocycles. The minimum atomic E-state index is -0.752. The Labute approximate surface area is 102 Å². The Hall–Kier alpha value is -2.50. The molecule has 6 heteroatoms. The Balaban J connectivity index is 2.37. The molecule has 92 valence electrons. The third kappa shape index (κ3) is 2.60. The molecule has 0 aliphatic carbocycles. The van der Waals surface area contributed by atoms with Crippen molar-refractivity contribution >= 4 is 5.84 Å². The lowest BCUT2D eigenvalue weighted by atomic mass is 10.3. The maximum atomic E-state index is 13.0. The van der Waals surface area contributed by atoms with E-state index >= 15 is 0 Å². The van der Waals surface area contributed by atoms with Crippen LogP contribution < -0.4 is 10.5 Å². The highest BCUT2D eigenvalue weighted by Gasteiger charge is 2.09. The highest BCUT2D eigenvalue weighted by Crippen LogP contribution is 2.25. The first-order chi connectivity index (χ1) is 8.56. The van der Waals surface area contributed by atoms with Crippen LogP contribution in [0.5, 0.6) is 11.5 Å². The van der Waals surface area contributed by atoms with E-state index in [9.17, 15) is 8.78 Å². The molecule has 3 N–H and O–H groups in total. The molecule has 2 rings (SSSR count). The summed E-state index contributed by atoms with van der Waals surface area (Å²) in [6, 6.07) is 5.87. The van der Waals surface area contributed by atoms with Gasteiger partial charge in [0.1, 0.15) is 28.9 Å². The third-order valence-corrected chi connectivity index (χ3v) is 2.09. The molecule has 0 bridgehead atoms. The Morgan fingerprint density at radius 2 is 1.89 bits per heavy atom. The number of nitrogens with two attached hydrogens (primary N) is 1. The summed E-state index contributed by atoms with van der Waals surface area (Å²) in [7, 11) is 0. The lowest BCUT2D eigenvalue weighted by Crippen LogP contribution is -2.14. The Kier molecular flexibility index (Phi) is 3.18. The number of nitrogen functional groups attached to an aromatic ring is 1. The van der Waals surface area contributed by atoms with Crippen molar-refractivity contribution in [2.24, 2.45) is 5.73 Å². The van der Waals surface area contributed by atoms with E-state index in [-0.39, 0.29) is 23.0 Å². The van der Waals surface area contributed by atoms with Gasteiger partial charge in [0.05, 0.1) is 0 Å². The van der Waals surface area contributed by atoms with Crippen molar-refractivity contribution in [3.63, 3.8) is 0 Å². The quantitative estimate of drug-likeness (QED) is 0.648. The fourth-order valence-corrected chi connectivity index (χ4v) is 1.39. The molecule has 18 heavy (non-hydrogen) atoms. The van der Waals surface area contributed by atoms with E-state index in [0.29, 0.717) is 0 Å². The molecule has 1 aromatic heterocycles. The molecule has 0 fully saturated rings.